The van der Waals surface area contributed by atoms with Gasteiger partial charge in [0.25, 0.3) is 0 Å². The second-order valence-corrected chi connectivity index (χ2v) is 5.47. The minimum Gasteiger partial charge on any atom is -0.465 e. The molecule has 0 aromatic heterocycles. The van der Waals surface area contributed by atoms with Gasteiger partial charge in [0.1, 0.15) is 0 Å². The Balaban J connectivity index is 2.24. The minimum atomic E-state index is -0.326. The second kappa shape index (κ2) is 6.13. The van der Waals surface area contributed by atoms with Gasteiger partial charge in [-0.25, -0.2) is 4.79 Å². The molecule has 1 saturated heterocycles. The number of nitrogen functional groups attached to an aromatic ring is 1. The van der Waals surface area contributed by atoms with Crippen molar-refractivity contribution in [3.63, 3.8) is 0 Å². The molecule has 1 aliphatic rings. The Bertz CT molecular complexity index is 488. The Labute approximate surface area is 120 Å². The van der Waals surface area contributed by atoms with Gasteiger partial charge < -0.3 is 20.3 Å². The summed E-state index contributed by atoms with van der Waals surface area (Å²) in [5.74, 6) is -0.326. The molecule has 5 heteroatoms. The summed E-state index contributed by atoms with van der Waals surface area (Å²) >= 11 is 0. The molecule has 1 aliphatic heterocycles. The lowest BCUT2D eigenvalue weighted by Gasteiger charge is -2.38. The van der Waals surface area contributed by atoms with Crippen LogP contribution < -0.4 is 10.6 Å². The van der Waals surface area contributed by atoms with Crippen molar-refractivity contribution in [1.82, 2.24) is 4.90 Å². The van der Waals surface area contributed by atoms with Crippen LogP contribution >= 0.6 is 0 Å². The number of nitrogens with two attached hydrogens (primary N) is 1. The molecule has 20 heavy (non-hydrogen) atoms. The van der Waals surface area contributed by atoms with Crippen molar-refractivity contribution in [1.29, 1.82) is 0 Å². The van der Waals surface area contributed by atoms with Crippen molar-refractivity contribution < 1.29 is 9.53 Å². The Morgan fingerprint density at radius 3 is 2.85 bits per heavy atom. The van der Waals surface area contributed by atoms with E-state index in [1.165, 1.54) is 13.5 Å². The highest BCUT2D eigenvalue weighted by molar-refractivity contribution is 5.92. The van der Waals surface area contributed by atoms with E-state index in [0.717, 1.165) is 25.2 Å². The number of methoxy groups -OCH3 is 1. The first-order chi connectivity index (χ1) is 9.52. The molecule has 2 rings (SSSR count). The lowest BCUT2D eigenvalue weighted by atomic mass is 10.0. The van der Waals surface area contributed by atoms with E-state index in [2.05, 4.69) is 23.9 Å². The van der Waals surface area contributed by atoms with Crippen molar-refractivity contribution in [2.45, 2.75) is 18.9 Å². The standard InChI is InChI=1S/C15H23N3O2/c1-17(2)12-5-4-8-18(10-12)14-9-11(15(19)20-3)6-7-13(14)16/h6-7,9,12H,4-5,8,10,16H2,1-3H3. The fourth-order valence-electron chi connectivity index (χ4n) is 2.66. The largest absolute Gasteiger partial charge is 0.465 e. The smallest absolute Gasteiger partial charge is 0.337 e. The average Bonchev–Trinajstić information content (AvgIpc) is 2.47. The summed E-state index contributed by atoms with van der Waals surface area (Å²) in [5, 5.41) is 0. The van der Waals surface area contributed by atoms with Crippen LogP contribution in [-0.2, 0) is 4.74 Å². The normalized spacial score (nSPS) is 19.2. The molecule has 0 bridgehead atoms. The van der Waals surface area contributed by atoms with Gasteiger partial charge in [-0.3, -0.25) is 0 Å². The van der Waals surface area contributed by atoms with Crippen molar-refractivity contribution in [3.8, 4) is 0 Å². The van der Waals surface area contributed by atoms with E-state index in [1.807, 2.05) is 6.07 Å². The monoisotopic (exact) mass is 277 g/mol. The van der Waals surface area contributed by atoms with E-state index in [0.29, 0.717) is 17.3 Å². The number of esters is 1. The summed E-state index contributed by atoms with van der Waals surface area (Å²) in [7, 11) is 5.59. The van der Waals surface area contributed by atoms with Gasteiger partial charge in [-0.1, -0.05) is 0 Å². The number of hydrogen-bond acceptors (Lipinski definition) is 5. The maximum absolute atomic E-state index is 11.6. The van der Waals surface area contributed by atoms with Crippen molar-refractivity contribution in [2.24, 2.45) is 0 Å². The zero-order valence-corrected chi connectivity index (χ0v) is 12.4. The topological polar surface area (TPSA) is 58.8 Å². The number of hydrogen-bond donors (Lipinski definition) is 1. The van der Waals surface area contributed by atoms with Crippen LogP contribution in [0.25, 0.3) is 0 Å². The molecule has 2 N–H and O–H groups in total. The Morgan fingerprint density at radius 2 is 2.20 bits per heavy atom. The van der Waals surface area contributed by atoms with E-state index in [4.69, 9.17) is 10.5 Å². The fraction of sp³-hybridized carbons (Fsp3) is 0.533. The number of rotatable bonds is 3. The van der Waals surface area contributed by atoms with Crippen LogP contribution in [0.1, 0.15) is 23.2 Å². The number of anilines is 2. The molecule has 0 saturated carbocycles. The van der Waals surface area contributed by atoms with E-state index in [-0.39, 0.29) is 5.97 Å². The lowest BCUT2D eigenvalue weighted by molar-refractivity contribution is 0.0601. The maximum atomic E-state index is 11.6. The highest BCUT2D eigenvalue weighted by Crippen LogP contribution is 2.28. The van der Waals surface area contributed by atoms with E-state index >= 15 is 0 Å². The van der Waals surface area contributed by atoms with Crippen LogP contribution in [0.2, 0.25) is 0 Å². The lowest BCUT2D eigenvalue weighted by Crippen LogP contribution is -2.45. The molecule has 1 aromatic carbocycles. The Hall–Kier alpha value is -1.75. The van der Waals surface area contributed by atoms with Gasteiger partial charge in [-0.2, -0.15) is 0 Å². The number of likely N-dealkylation sites (N-methyl/N-ethyl adjacent to an activating group) is 1. The molecule has 0 amide bonds. The molecule has 0 spiro atoms. The van der Waals surface area contributed by atoms with Crippen molar-refractivity contribution in [2.75, 3.05) is 44.9 Å². The average molecular weight is 277 g/mol. The molecule has 1 fully saturated rings. The first kappa shape index (κ1) is 14.7. The van der Waals surface area contributed by atoms with Crippen LogP contribution in [0, 0.1) is 0 Å². The maximum Gasteiger partial charge on any atom is 0.337 e. The van der Waals surface area contributed by atoms with Crippen LogP contribution in [0.3, 0.4) is 0 Å². The van der Waals surface area contributed by atoms with E-state index < -0.39 is 0 Å². The van der Waals surface area contributed by atoms with Gasteiger partial charge in [0.05, 0.1) is 24.0 Å². The summed E-state index contributed by atoms with van der Waals surface area (Å²) in [4.78, 5) is 16.1. The molecule has 0 aliphatic carbocycles. The predicted molar refractivity (Wildman–Crippen MR) is 81.1 cm³/mol. The summed E-state index contributed by atoms with van der Waals surface area (Å²) in [5.41, 5.74) is 8.26. The second-order valence-electron chi connectivity index (χ2n) is 5.47. The minimum absolute atomic E-state index is 0.326. The van der Waals surface area contributed by atoms with Gasteiger partial charge in [-0.15, -0.1) is 0 Å². The van der Waals surface area contributed by atoms with Crippen molar-refractivity contribution in [3.05, 3.63) is 23.8 Å². The third kappa shape index (κ3) is 3.04. The SMILES string of the molecule is COC(=O)c1ccc(N)c(N2CCCC(N(C)C)C2)c1. The number of carbonyl (C=O) groups excluding carboxylic acids is 1. The number of benzene rings is 1. The third-order valence-corrected chi connectivity index (χ3v) is 3.92. The third-order valence-electron chi connectivity index (χ3n) is 3.92. The summed E-state index contributed by atoms with van der Waals surface area (Å²) in [6, 6.07) is 5.84. The van der Waals surface area contributed by atoms with Crippen LogP contribution in [0.15, 0.2) is 18.2 Å². The zero-order chi connectivity index (χ0) is 14.7. The molecule has 1 heterocycles. The van der Waals surface area contributed by atoms with E-state index in [9.17, 15) is 4.79 Å². The molecule has 1 unspecified atom stereocenters. The van der Waals surface area contributed by atoms with Gasteiger partial charge >= 0.3 is 5.97 Å². The molecule has 5 nitrogen and oxygen atoms in total. The summed E-state index contributed by atoms with van der Waals surface area (Å²) < 4.78 is 4.77. The molecular formula is C15H23N3O2. The molecule has 110 valence electrons. The van der Waals surface area contributed by atoms with Gasteiger partial charge in [0.15, 0.2) is 0 Å². The number of carbonyl (C=O) groups is 1. The van der Waals surface area contributed by atoms with Crippen LogP contribution in [0.4, 0.5) is 11.4 Å². The number of ether oxygens (including phenoxy) is 1. The van der Waals surface area contributed by atoms with Crippen LogP contribution in [0.5, 0.6) is 0 Å². The predicted octanol–water partition coefficient (Wildman–Crippen LogP) is 1.59. The van der Waals surface area contributed by atoms with Gasteiger partial charge in [0.2, 0.25) is 0 Å². The fourth-order valence-corrected chi connectivity index (χ4v) is 2.66. The molecular weight excluding hydrogens is 254 g/mol. The van der Waals surface area contributed by atoms with Crippen molar-refractivity contribution >= 4 is 17.3 Å². The summed E-state index contributed by atoms with van der Waals surface area (Å²) in [6.07, 6.45) is 2.32. The molecule has 0 radical (unpaired) electrons. The number of nitrogens with zero attached hydrogens (tertiary/aromatic N) is 2. The Kier molecular flexibility index (Phi) is 4.49. The highest BCUT2D eigenvalue weighted by Gasteiger charge is 2.23. The van der Waals surface area contributed by atoms with E-state index in [1.54, 1.807) is 12.1 Å². The van der Waals surface area contributed by atoms with Crippen LogP contribution in [-0.4, -0.2) is 51.2 Å². The quantitative estimate of drug-likeness (QED) is 0.671. The first-order valence-corrected chi connectivity index (χ1v) is 6.92. The van der Waals surface area contributed by atoms with Gasteiger partial charge in [-0.05, 0) is 45.1 Å². The molecule has 1 aromatic rings. The van der Waals surface area contributed by atoms with Gasteiger partial charge in [0, 0.05) is 19.1 Å². The number of piperidine rings is 1. The zero-order valence-electron chi connectivity index (χ0n) is 12.4. The Morgan fingerprint density at radius 1 is 1.45 bits per heavy atom. The highest BCUT2D eigenvalue weighted by atomic mass is 16.5. The summed E-state index contributed by atoms with van der Waals surface area (Å²) in [6.45, 7) is 1.90. The first-order valence-electron chi connectivity index (χ1n) is 6.92. The molecule has 1 atom stereocenters.